The summed E-state index contributed by atoms with van der Waals surface area (Å²) in [4.78, 5) is 59.7. The van der Waals surface area contributed by atoms with Crippen LogP contribution >= 0.6 is 11.8 Å². The van der Waals surface area contributed by atoms with E-state index in [-0.39, 0.29) is 36.1 Å². The minimum atomic E-state index is -0.783. The summed E-state index contributed by atoms with van der Waals surface area (Å²) in [6.07, 6.45) is 0.0446. The molecule has 5 rings (SSSR count). The molecule has 3 aliphatic heterocycles. The number of rotatable bonds is 7. The topological polar surface area (TPSA) is 126 Å². The third-order valence-corrected chi connectivity index (χ3v) is 8.13. The summed E-state index contributed by atoms with van der Waals surface area (Å²) in [5.41, 5.74) is 2.54. The van der Waals surface area contributed by atoms with Crippen molar-refractivity contribution in [3.8, 4) is 0 Å². The molecular weight excluding hydrogens is 546 g/mol. The van der Waals surface area contributed by atoms with Crippen molar-refractivity contribution in [1.82, 2.24) is 14.7 Å². The zero-order chi connectivity index (χ0) is 29.1. The fourth-order valence-electron chi connectivity index (χ4n) is 5.09. The van der Waals surface area contributed by atoms with Gasteiger partial charge in [-0.1, -0.05) is 54.2 Å². The van der Waals surface area contributed by atoms with Gasteiger partial charge >= 0.3 is 5.97 Å². The number of nitro benzene ring substituents is 1. The van der Waals surface area contributed by atoms with E-state index in [1.807, 2.05) is 35.7 Å². The summed E-state index contributed by atoms with van der Waals surface area (Å²) >= 11 is 1.33. The van der Waals surface area contributed by atoms with E-state index in [4.69, 9.17) is 4.74 Å². The molecule has 0 spiro atoms. The molecule has 3 aliphatic rings. The lowest BCUT2D eigenvalue weighted by molar-refractivity contribution is -0.384. The molecule has 0 aromatic heterocycles. The smallest absolute Gasteiger partial charge is 0.338 e. The first-order chi connectivity index (χ1) is 19.7. The van der Waals surface area contributed by atoms with Crippen molar-refractivity contribution >= 4 is 40.4 Å². The van der Waals surface area contributed by atoms with E-state index < -0.39 is 16.9 Å². The Bertz CT molecular complexity index is 1480. The Balaban J connectivity index is 1.44. The molecule has 0 N–H and O–H groups in total. The van der Waals surface area contributed by atoms with Crippen LogP contribution in [0.15, 0.2) is 82.0 Å². The summed E-state index contributed by atoms with van der Waals surface area (Å²) in [5, 5.41) is 14.0. The number of aliphatic imine (C=N–C) groups is 1. The Labute approximate surface area is 241 Å². The normalized spacial score (nSPS) is 18.5. The molecule has 2 aromatic rings. The Morgan fingerprint density at radius 3 is 2.44 bits per heavy atom. The molecule has 2 aromatic carbocycles. The maximum atomic E-state index is 13.6. The average molecular weight is 576 g/mol. The number of fused-ring (bicyclic) bond motifs is 1. The fourth-order valence-corrected chi connectivity index (χ4v) is 6.06. The van der Waals surface area contributed by atoms with Gasteiger partial charge in [0.1, 0.15) is 6.61 Å². The van der Waals surface area contributed by atoms with Crippen LogP contribution in [0.4, 0.5) is 5.69 Å². The molecule has 11 nitrogen and oxygen atoms in total. The molecule has 1 unspecified atom stereocenters. The van der Waals surface area contributed by atoms with E-state index in [2.05, 4.69) is 4.99 Å². The fraction of sp³-hybridized carbons (Fsp3) is 0.310. The van der Waals surface area contributed by atoms with Crippen molar-refractivity contribution in [2.75, 3.05) is 26.2 Å². The number of nitrogens with zero attached hydrogens (tertiary/aromatic N) is 5. The average Bonchev–Trinajstić information content (AvgIpc) is 3.37. The van der Waals surface area contributed by atoms with Crippen molar-refractivity contribution in [3.05, 3.63) is 98.2 Å². The lowest BCUT2D eigenvalue weighted by Gasteiger charge is -2.37. The van der Waals surface area contributed by atoms with Gasteiger partial charge in [0.2, 0.25) is 11.8 Å². The van der Waals surface area contributed by atoms with Gasteiger partial charge in [-0.3, -0.25) is 19.7 Å². The molecule has 0 saturated carbocycles. The van der Waals surface area contributed by atoms with Gasteiger partial charge in [-0.2, -0.15) is 0 Å². The number of ether oxygens (including phenoxy) is 1. The molecule has 1 saturated heterocycles. The van der Waals surface area contributed by atoms with Gasteiger partial charge < -0.3 is 19.4 Å². The number of thioether (sulfide) groups is 1. The maximum absolute atomic E-state index is 13.6. The van der Waals surface area contributed by atoms with Crippen LogP contribution in [-0.4, -0.2) is 68.8 Å². The van der Waals surface area contributed by atoms with Crippen LogP contribution in [0.5, 0.6) is 0 Å². The number of nitro groups is 1. The monoisotopic (exact) mass is 575 g/mol. The van der Waals surface area contributed by atoms with Gasteiger partial charge in [-0.05, 0) is 23.5 Å². The molecule has 12 heteroatoms. The summed E-state index contributed by atoms with van der Waals surface area (Å²) in [6, 6.07) is 14.6. The van der Waals surface area contributed by atoms with Crippen molar-refractivity contribution in [1.29, 1.82) is 0 Å². The van der Waals surface area contributed by atoms with Crippen LogP contribution < -0.4 is 0 Å². The predicted octanol–water partition coefficient (Wildman–Crippen LogP) is 3.99. The third kappa shape index (κ3) is 6.02. The van der Waals surface area contributed by atoms with Crippen LogP contribution in [0.1, 0.15) is 37.4 Å². The highest BCUT2D eigenvalue weighted by Gasteiger charge is 2.42. The highest BCUT2D eigenvalue weighted by atomic mass is 32.2. The van der Waals surface area contributed by atoms with Crippen molar-refractivity contribution < 1.29 is 24.0 Å². The molecular formula is C29H29N5O6S. The van der Waals surface area contributed by atoms with Crippen LogP contribution in [-0.2, 0) is 25.7 Å². The first-order valence-electron chi connectivity index (χ1n) is 13.2. The van der Waals surface area contributed by atoms with Gasteiger partial charge in [0.25, 0.3) is 5.69 Å². The molecule has 3 heterocycles. The van der Waals surface area contributed by atoms with E-state index in [9.17, 15) is 24.5 Å². The van der Waals surface area contributed by atoms with Crippen molar-refractivity contribution in [2.24, 2.45) is 4.99 Å². The Morgan fingerprint density at radius 2 is 1.76 bits per heavy atom. The predicted molar refractivity (Wildman–Crippen MR) is 153 cm³/mol. The largest absolute Gasteiger partial charge is 0.457 e. The Hall–Kier alpha value is -4.45. The zero-order valence-electron chi connectivity index (χ0n) is 22.7. The second-order valence-corrected chi connectivity index (χ2v) is 10.7. The number of allylic oxidation sites excluding steroid dienone is 1. The number of piperazine rings is 1. The number of benzene rings is 2. The number of hydrogen-bond acceptors (Lipinski definition) is 9. The summed E-state index contributed by atoms with van der Waals surface area (Å²) < 4.78 is 5.70. The number of carbonyl (C=O) groups excluding carboxylic acids is 3. The van der Waals surface area contributed by atoms with E-state index in [1.54, 1.807) is 33.8 Å². The van der Waals surface area contributed by atoms with Crippen LogP contribution in [0.3, 0.4) is 0 Å². The van der Waals surface area contributed by atoms with Gasteiger partial charge in [0.15, 0.2) is 5.17 Å². The van der Waals surface area contributed by atoms with Crippen LogP contribution in [0.2, 0.25) is 0 Å². The number of non-ortho nitro benzene ring substituents is 1. The lowest BCUT2D eigenvalue weighted by atomic mass is 9.93. The first kappa shape index (κ1) is 28.1. The second-order valence-electron chi connectivity index (χ2n) is 9.87. The summed E-state index contributed by atoms with van der Waals surface area (Å²) in [7, 11) is 0. The number of carbonyl (C=O) groups is 3. The van der Waals surface area contributed by atoms with E-state index in [1.165, 1.54) is 30.8 Å². The SMILES string of the molecule is CC(=O)N1CCN(C(=O)CC2=CSC3=NC(C)=C(C(=O)OCc4ccccc4)C(c4cccc([N+](=O)[O-])c4)N23)CC1. The Morgan fingerprint density at radius 1 is 1.05 bits per heavy atom. The van der Waals surface area contributed by atoms with Gasteiger partial charge in [0, 0.05) is 50.9 Å². The second kappa shape index (κ2) is 12.0. The lowest BCUT2D eigenvalue weighted by Crippen LogP contribution is -2.50. The van der Waals surface area contributed by atoms with Gasteiger partial charge in [0.05, 0.1) is 28.7 Å². The molecule has 2 amide bonds. The van der Waals surface area contributed by atoms with Crippen LogP contribution in [0, 0.1) is 10.1 Å². The highest BCUT2D eigenvalue weighted by Crippen LogP contribution is 2.45. The maximum Gasteiger partial charge on any atom is 0.338 e. The highest BCUT2D eigenvalue weighted by molar-refractivity contribution is 8.16. The molecule has 1 atom stereocenters. The standard InChI is InChI=1S/C29H29N5O6S/c1-19-26(28(37)40-17-21-7-4-3-5-8-21)27(22-9-6-10-23(15-22)34(38)39)33-24(18-41-29(33)30-19)16-25(36)32-13-11-31(12-14-32)20(2)35/h3-10,15,18,27H,11-14,16-17H2,1-2H3. The summed E-state index contributed by atoms with van der Waals surface area (Å²) in [6.45, 7) is 5.10. The third-order valence-electron chi connectivity index (χ3n) is 7.24. The number of esters is 1. The molecule has 0 radical (unpaired) electrons. The minimum Gasteiger partial charge on any atom is -0.457 e. The molecule has 212 valence electrons. The van der Waals surface area contributed by atoms with Crippen molar-refractivity contribution in [3.63, 3.8) is 0 Å². The zero-order valence-corrected chi connectivity index (χ0v) is 23.5. The Kier molecular flexibility index (Phi) is 8.20. The van der Waals surface area contributed by atoms with Gasteiger partial charge in [-0.25, -0.2) is 9.79 Å². The number of hydrogen-bond donors (Lipinski definition) is 0. The molecule has 0 bridgehead atoms. The number of amides is 2. The van der Waals surface area contributed by atoms with E-state index in [0.29, 0.717) is 48.3 Å². The van der Waals surface area contributed by atoms with Gasteiger partial charge in [-0.15, -0.1) is 0 Å². The minimum absolute atomic E-state index is 0.0187. The van der Waals surface area contributed by atoms with Crippen LogP contribution in [0.25, 0.3) is 0 Å². The van der Waals surface area contributed by atoms with E-state index >= 15 is 0 Å². The number of amidine groups is 1. The molecule has 41 heavy (non-hydrogen) atoms. The molecule has 0 aliphatic carbocycles. The van der Waals surface area contributed by atoms with E-state index in [0.717, 1.165) is 5.56 Å². The quantitative estimate of drug-likeness (QED) is 0.276. The molecule has 1 fully saturated rings. The van der Waals surface area contributed by atoms with Crippen molar-refractivity contribution in [2.45, 2.75) is 32.9 Å². The summed E-state index contributed by atoms with van der Waals surface area (Å²) in [5.74, 6) is -0.720. The first-order valence-corrected chi connectivity index (χ1v) is 14.0.